The summed E-state index contributed by atoms with van der Waals surface area (Å²) in [7, 11) is 0. The number of benzene rings is 3. The lowest BCUT2D eigenvalue weighted by atomic mass is 10.0. The van der Waals surface area contributed by atoms with Gasteiger partial charge in [0.2, 0.25) is 5.91 Å². The third-order valence-electron chi connectivity index (χ3n) is 6.75. The molecule has 1 saturated heterocycles. The van der Waals surface area contributed by atoms with Crippen LogP contribution in [0, 0.1) is 0 Å². The quantitative estimate of drug-likeness (QED) is 0.260. The van der Waals surface area contributed by atoms with Crippen molar-refractivity contribution >= 4 is 35.6 Å². The number of ether oxygens (including phenoxy) is 1. The maximum atomic E-state index is 13.8. The molecule has 1 fully saturated rings. The number of esters is 1. The molecular formula is C32H32N4O5S. The number of amides is 4. The number of urea groups is 1. The Morgan fingerprint density at radius 3 is 2.00 bits per heavy atom. The van der Waals surface area contributed by atoms with E-state index in [1.165, 1.54) is 22.7 Å². The summed E-state index contributed by atoms with van der Waals surface area (Å²) >= 11 is 1.26. The summed E-state index contributed by atoms with van der Waals surface area (Å²) in [5.74, 6) is -1.44. The minimum absolute atomic E-state index is 0.0176. The molecule has 3 aromatic rings. The molecule has 216 valence electrons. The molecule has 5 rings (SSSR count). The first-order valence-electron chi connectivity index (χ1n) is 13.7. The molecule has 10 heteroatoms. The summed E-state index contributed by atoms with van der Waals surface area (Å²) < 4.78 is 6.05. The predicted octanol–water partition coefficient (Wildman–Crippen LogP) is 3.88. The fraction of sp³-hybridized carbons (Fsp3) is 0.250. The maximum Gasteiger partial charge on any atom is 0.355 e. The predicted molar refractivity (Wildman–Crippen MR) is 160 cm³/mol. The number of nitrogens with one attached hydrogen (secondary N) is 3. The van der Waals surface area contributed by atoms with E-state index in [0.717, 1.165) is 16.7 Å². The van der Waals surface area contributed by atoms with Crippen LogP contribution in [-0.4, -0.2) is 51.5 Å². The standard InChI is InChI=1S/C32H32N4O5S/c1-20(2)33-32(40)35-26-19-24(31(39)41-28(22-14-8-4-9-15-22)23-16-10-5-11-17-23)36-29(38)27(30(36)42-26)34-25(37)18-21-12-6-3-7-13-21/h3-17,19-20,26-28,30H,18H2,1-2H3,(H,34,37)(H2,33,35,40)/t26?,27?,30-/m1/s1. The molecule has 2 heterocycles. The van der Waals surface area contributed by atoms with Gasteiger partial charge in [0.25, 0.3) is 5.91 Å². The number of rotatable bonds is 9. The van der Waals surface area contributed by atoms with Gasteiger partial charge in [0.15, 0.2) is 6.10 Å². The summed E-state index contributed by atoms with van der Waals surface area (Å²) in [6, 6.07) is 26.5. The van der Waals surface area contributed by atoms with Crippen LogP contribution < -0.4 is 16.0 Å². The van der Waals surface area contributed by atoms with E-state index in [-0.39, 0.29) is 24.1 Å². The summed E-state index contributed by atoms with van der Waals surface area (Å²) in [6.45, 7) is 3.67. The number of carbonyl (C=O) groups excluding carboxylic acids is 4. The average Bonchev–Trinajstić information content (AvgIpc) is 2.99. The van der Waals surface area contributed by atoms with Crippen molar-refractivity contribution in [3.63, 3.8) is 0 Å². The molecule has 0 spiro atoms. The Hall–Kier alpha value is -4.57. The molecular weight excluding hydrogens is 552 g/mol. The summed E-state index contributed by atoms with van der Waals surface area (Å²) in [6.07, 6.45) is 0.916. The fourth-order valence-electron chi connectivity index (χ4n) is 4.84. The van der Waals surface area contributed by atoms with Gasteiger partial charge in [0.05, 0.1) is 11.8 Å². The maximum absolute atomic E-state index is 13.8. The molecule has 3 atom stereocenters. The van der Waals surface area contributed by atoms with Crippen molar-refractivity contribution in [3.05, 3.63) is 119 Å². The van der Waals surface area contributed by atoms with E-state index in [1.54, 1.807) is 0 Å². The second-order valence-electron chi connectivity index (χ2n) is 10.3. The third kappa shape index (κ3) is 6.66. The Morgan fingerprint density at radius 2 is 1.43 bits per heavy atom. The number of carbonyl (C=O) groups is 4. The van der Waals surface area contributed by atoms with E-state index in [4.69, 9.17) is 4.74 Å². The second kappa shape index (κ2) is 12.9. The van der Waals surface area contributed by atoms with Crippen LogP contribution in [0.2, 0.25) is 0 Å². The lowest BCUT2D eigenvalue weighted by Crippen LogP contribution is -2.71. The molecule has 0 aromatic heterocycles. The lowest BCUT2D eigenvalue weighted by molar-refractivity contribution is -0.154. The molecule has 42 heavy (non-hydrogen) atoms. The number of fused-ring (bicyclic) bond motifs is 1. The normalized spacial score (nSPS) is 19.3. The Balaban J connectivity index is 1.38. The molecule has 9 nitrogen and oxygen atoms in total. The molecule has 0 radical (unpaired) electrons. The van der Waals surface area contributed by atoms with Gasteiger partial charge < -0.3 is 20.7 Å². The minimum atomic E-state index is -0.862. The van der Waals surface area contributed by atoms with Crippen molar-refractivity contribution in [2.75, 3.05) is 0 Å². The summed E-state index contributed by atoms with van der Waals surface area (Å²) in [4.78, 5) is 53.8. The SMILES string of the molecule is CC(C)NC(=O)NC1C=C(C(=O)OC(c2ccccc2)c2ccccc2)N2C(=O)C(NC(=O)Cc3ccccc3)[C@H]2S1. The van der Waals surface area contributed by atoms with Crippen molar-refractivity contribution in [1.29, 1.82) is 0 Å². The van der Waals surface area contributed by atoms with Crippen LogP contribution in [0.15, 0.2) is 103 Å². The van der Waals surface area contributed by atoms with Crippen LogP contribution in [0.3, 0.4) is 0 Å². The van der Waals surface area contributed by atoms with Crippen LogP contribution in [0.25, 0.3) is 0 Å². The highest BCUT2D eigenvalue weighted by molar-refractivity contribution is 8.00. The zero-order valence-electron chi connectivity index (χ0n) is 23.2. The van der Waals surface area contributed by atoms with Crippen LogP contribution in [0.4, 0.5) is 4.79 Å². The molecule has 2 aliphatic heterocycles. The second-order valence-corrected chi connectivity index (χ2v) is 11.6. The minimum Gasteiger partial charge on any atom is -0.448 e. The number of nitrogens with zero attached hydrogens (tertiary/aromatic N) is 1. The highest BCUT2D eigenvalue weighted by Crippen LogP contribution is 2.41. The van der Waals surface area contributed by atoms with Gasteiger partial charge in [-0.15, -0.1) is 11.8 Å². The lowest BCUT2D eigenvalue weighted by Gasteiger charge is -2.50. The molecule has 2 aliphatic rings. The van der Waals surface area contributed by atoms with Crippen molar-refractivity contribution in [2.45, 2.75) is 49.2 Å². The number of thioether (sulfide) groups is 1. The van der Waals surface area contributed by atoms with Crippen LogP contribution in [-0.2, 0) is 25.5 Å². The van der Waals surface area contributed by atoms with Gasteiger partial charge in [-0.2, -0.15) is 0 Å². The van der Waals surface area contributed by atoms with E-state index in [0.29, 0.717) is 0 Å². The van der Waals surface area contributed by atoms with Crippen LogP contribution in [0.5, 0.6) is 0 Å². The number of hydrogen-bond donors (Lipinski definition) is 3. The first kappa shape index (κ1) is 28.9. The van der Waals surface area contributed by atoms with Gasteiger partial charge >= 0.3 is 12.0 Å². The molecule has 0 saturated carbocycles. The number of hydrogen-bond acceptors (Lipinski definition) is 6. The smallest absolute Gasteiger partial charge is 0.355 e. The zero-order valence-corrected chi connectivity index (χ0v) is 24.0. The van der Waals surface area contributed by atoms with Gasteiger partial charge in [0.1, 0.15) is 17.1 Å². The van der Waals surface area contributed by atoms with E-state index >= 15 is 0 Å². The van der Waals surface area contributed by atoms with Crippen molar-refractivity contribution in [3.8, 4) is 0 Å². The van der Waals surface area contributed by atoms with Gasteiger partial charge in [-0.1, -0.05) is 91.0 Å². The largest absolute Gasteiger partial charge is 0.448 e. The Kier molecular flexibility index (Phi) is 8.92. The van der Waals surface area contributed by atoms with E-state index in [2.05, 4.69) is 16.0 Å². The highest BCUT2D eigenvalue weighted by Gasteiger charge is 2.55. The third-order valence-corrected chi connectivity index (χ3v) is 8.06. The van der Waals surface area contributed by atoms with Gasteiger partial charge in [-0.25, -0.2) is 9.59 Å². The zero-order chi connectivity index (χ0) is 29.6. The van der Waals surface area contributed by atoms with Crippen molar-refractivity contribution in [1.82, 2.24) is 20.9 Å². The average molecular weight is 585 g/mol. The summed E-state index contributed by atoms with van der Waals surface area (Å²) in [5, 5.41) is 7.17. The summed E-state index contributed by atoms with van der Waals surface area (Å²) in [5.41, 5.74) is 2.37. The van der Waals surface area contributed by atoms with E-state index in [9.17, 15) is 19.2 Å². The number of β-lactam (4-membered cyclic amide) rings is 1. The van der Waals surface area contributed by atoms with Crippen molar-refractivity contribution in [2.24, 2.45) is 0 Å². The molecule has 0 bridgehead atoms. The molecule has 2 unspecified atom stereocenters. The Morgan fingerprint density at radius 1 is 0.857 bits per heavy atom. The van der Waals surface area contributed by atoms with Gasteiger partial charge in [0, 0.05) is 6.04 Å². The van der Waals surface area contributed by atoms with Crippen LogP contribution in [0.1, 0.15) is 36.6 Å². The first-order valence-corrected chi connectivity index (χ1v) is 14.7. The first-order chi connectivity index (χ1) is 20.3. The van der Waals surface area contributed by atoms with Gasteiger partial charge in [-0.3, -0.25) is 14.5 Å². The highest BCUT2D eigenvalue weighted by atomic mass is 32.2. The monoisotopic (exact) mass is 584 g/mol. The van der Waals surface area contributed by atoms with Crippen molar-refractivity contribution < 1.29 is 23.9 Å². The van der Waals surface area contributed by atoms with E-state index in [1.807, 2.05) is 105 Å². The fourth-order valence-corrected chi connectivity index (χ4v) is 6.20. The molecule has 4 amide bonds. The topological polar surface area (TPSA) is 117 Å². The Labute approximate surface area is 248 Å². The molecule has 3 aromatic carbocycles. The molecule has 0 aliphatic carbocycles. The van der Waals surface area contributed by atoms with Crippen LogP contribution >= 0.6 is 11.8 Å². The van der Waals surface area contributed by atoms with E-state index < -0.39 is 40.8 Å². The Bertz CT molecular complexity index is 1430. The molecule has 3 N–H and O–H groups in total. The van der Waals surface area contributed by atoms with Gasteiger partial charge in [-0.05, 0) is 36.6 Å².